The van der Waals surface area contributed by atoms with Gasteiger partial charge in [0.25, 0.3) is 5.91 Å². The number of anilines is 1. The fraction of sp³-hybridized carbons (Fsp3) is 0.588. The molecule has 1 unspecified atom stereocenters. The van der Waals surface area contributed by atoms with E-state index in [0.29, 0.717) is 17.4 Å². The van der Waals surface area contributed by atoms with Gasteiger partial charge in [-0.25, -0.2) is 0 Å². The smallest absolute Gasteiger partial charge is 0.258 e. The van der Waals surface area contributed by atoms with E-state index < -0.39 is 0 Å². The molecule has 1 aliphatic rings. The van der Waals surface area contributed by atoms with Gasteiger partial charge >= 0.3 is 0 Å². The van der Waals surface area contributed by atoms with Crippen molar-refractivity contribution in [2.24, 2.45) is 5.92 Å². The normalized spacial score (nSPS) is 17.2. The lowest BCUT2D eigenvalue weighted by atomic mass is 9.83. The maximum atomic E-state index is 12.0. The van der Waals surface area contributed by atoms with E-state index in [2.05, 4.69) is 12.2 Å². The lowest BCUT2D eigenvalue weighted by Gasteiger charge is -2.30. The Morgan fingerprint density at radius 3 is 2.57 bits per heavy atom. The van der Waals surface area contributed by atoms with Crippen molar-refractivity contribution in [2.45, 2.75) is 51.5 Å². The minimum absolute atomic E-state index is 0.0377. The molecule has 0 saturated heterocycles. The molecule has 1 atom stereocenters. The quantitative estimate of drug-likeness (QED) is 0.791. The van der Waals surface area contributed by atoms with Gasteiger partial charge in [-0.2, -0.15) is 0 Å². The van der Waals surface area contributed by atoms with Crippen molar-refractivity contribution < 1.29 is 9.53 Å². The van der Waals surface area contributed by atoms with Crippen molar-refractivity contribution in [1.82, 2.24) is 5.32 Å². The first-order valence-corrected chi connectivity index (χ1v) is 7.96. The van der Waals surface area contributed by atoms with Crippen LogP contribution < -0.4 is 15.8 Å². The average molecular weight is 290 g/mol. The standard InChI is InChI=1S/C17H26N2O2/c1-2-16(13-6-4-3-5-7-13)19-17(20)12-21-15-10-8-14(18)9-11-15/h8-11,13,16H,2-7,12,18H2,1H3,(H,19,20). The Morgan fingerprint density at radius 2 is 1.95 bits per heavy atom. The molecule has 1 amide bonds. The topological polar surface area (TPSA) is 64.3 Å². The van der Waals surface area contributed by atoms with Crippen LogP contribution in [-0.2, 0) is 4.79 Å². The molecule has 21 heavy (non-hydrogen) atoms. The fourth-order valence-corrected chi connectivity index (χ4v) is 3.05. The molecule has 1 fully saturated rings. The van der Waals surface area contributed by atoms with Crippen molar-refractivity contribution in [3.05, 3.63) is 24.3 Å². The van der Waals surface area contributed by atoms with Gasteiger partial charge in [-0.1, -0.05) is 26.2 Å². The van der Waals surface area contributed by atoms with E-state index in [9.17, 15) is 4.79 Å². The van der Waals surface area contributed by atoms with E-state index in [1.807, 2.05) is 0 Å². The molecular weight excluding hydrogens is 264 g/mol. The van der Waals surface area contributed by atoms with Crippen LogP contribution in [0.5, 0.6) is 5.75 Å². The minimum Gasteiger partial charge on any atom is -0.484 e. The van der Waals surface area contributed by atoms with Crippen molar-refractivity contribution >= 4 is 11.6 Å². The van der Waals surface area contributed by atoms with E-state index in [4.69, 9.17) is 10.5 Å². The van der Waals surface area contributed by atoms with Crippen LogP contribution in [0.3, 0.4) is 0 Å². The van der Waals surface area contributed by atoms with Gasteiger partial charge < -0.3 is 15.8 Å². The first kappa shape index (κ1) is 15.7. The van der Waals surface area contributed by atoms with E-state index in [1.165, 1.54) is 32.1 Å². The number of nitrogens with two attached hydrogens (primary N) is 1. The minimum atomic E-state index is -0.0377. The summed E-state index contributed by atoms with van der Waals surface area (Å²) in [4.78, 5) is 12.0. The highest BCUT2D eigenvalue weighted by molar-refractivity contribution is 5.77. The SMILES string of the molecule is CCC(NC(=O)COc1ccc(N)cc1)C1CCCCC1. The van der Waals surface area contributed by atoms with Crippen LogP contribution in [0.2, 0.25) is 0 Å². The molecule has 0 aliphatic heterocycles. The van der Waals surface area contributed by atoms with Gasteiger partial charge in [-0.05, 0) is 49.4 Å². The number of rotatable bonds is 6. The van der Waals surface area contributed by atoms with E-state index in [-0.39, 0.29) is 18.6 Å². The summed E-state index contributed by atoms with van der Waals surface area (Å²) in [5, 5.41) is 3.13. The molecule has 0 aromatic heterocycles. The van der Waals surface area contributed by atoms with Crippen LogP contribution >= 0.6 is 0 Å². The van der Waals surface area contributed by atoms with Crippen LogP contribution in [0.15, 0.2) is 24.3 Å². The Hall–Kier alpha value is -1.71. The third-order valence-corrected chi connectivity index (χ3v) is 4.26. The summed E-state index contributed by atoms with van der Waals surface area (Å²) in [6.45, 7) is 2.20. The van der Waals surface area contributed by atoms with Gasteiger partial charge in [0.1, 0.15) is 5.75 Å². The zero-order valence-electron chi connectivity index (χ0n) is 12.8. The Morgan fingerprint density at radius 1 is 1.29 bits per heavy atom. The van der Waals surface area contributed by atoms with Crippen LogP contribution in [0.4, 0.5) is 5.69 Å². The number of nitrogens with one attached hydrogen (secondary N) is 1. The molecule has 116 valence electrons. The second-order valence-corrected chi connectivity index (χ2v) is 5.84. The number of hydrogen-bond acceptors (Lipinski definition) is 3. The number of hydrogen-bond donors (Lipinski definition) is 2. The number of benzene rings is 1. The van der Waals surface area contributed by atoms with Gasteiger partial charge in [0.15, 0.2) is 6.61 Å². The molecule has 4 heteroatoms. The Balaban J connectivity index is 1.78. The molecule has 3 N–H and O–H groups in total. The first-order chi connectivity index (χ1) is 10.2. The van der Waals surface area contributed by atoms with Crippen molar-refractivity contribution in [3.8, 4) is 5.75 Å². The summed E-state index contributed by atoms with van der Waals surface area (Å²) in [5.41, 5.74) is 6.30. The van der Waals surface area contributed by atoms with Gasteiger partial charge in [0, 0.05) is 11.7 Å². The van der Waals surface area contributed by atoms with Crippen LogP contribution in [0, 0.1) is 5.92 Å². The number of ether oxygens (including phenoxy) is 1. The molecule has 2 rings (SSSR count). The number of nitrogen functional groups attached to an aromatic ring is 1. The highest BCUT2D eigenvalue weighted by Gasteiger charge is 2.23. The summed E-state index contributed by atoms with van der Waals surface area (Å²) >= 11 is 0. The Labute approximate surface area is 127 Å². The molecule has 1 aliphatic carbocycles. The third kappa shape index (κ3) is 4.96. The molecule has 0 bridgehead atoms. The van der Waals surface area contributed by atoms with E-state index in [1.54, 1.807) is 24.3 Å². The summed E-state index contributed by atoms with van der Waals surface area (Å²) in [5.74, 6) is 1.26. The second-order valence-electron chi connectivity index (χ2n) is 5.84. The van der Waals surface area contributed by atoms with E-state index >= 15 is 0 Å². The molecule has 0 heterocycles. The highest BCUT2D eigenvalue weighted by atomic mass is 16.5. The molecular formula is C17H26N2O2. The zero-order chi connectivity index (χ0) is 15.1. The van der Waals surface area contributed by atoms with Crippen LogP contribution in [0.25, 0.3) is 0 Å². The monoisotopic (exact) mass is 290 g/mol. The van der Waals surface area contributed by atoms with Crippen molar-refractivity contribution in [1.29, 1.82) is 0 Å². The molecule has 1 aromatic rings. The fourth-order valence-electron chi connectivity index (χ4n) is 3.05. The first-order valence-electron chi connectivity index (χ1n) is 7.96. The average Bonchev–Trinajstić information content (AvgIpc) is 2.53. The highest BCUT2D eigenvalue weighted by Crippen LogP contribution is 2.27. The van der Waals surface area contributed by atoms with Gasteiger partial charge in [0.05, 0.1) is 0 Å². The Kier molecular flexibility index (Phi) is 5.90. The van der Waals surface area contributed by atoms with Gasteiger partial charge in [0.2, 0.25) is 0 Å². The van der Waals surface area contributed by atoms with Crippen molar-refractivity contribution in [2.75, 3.05) is 12.3 Å². The van der Waals surface area contributed by atoms with Crippen LogP contribution in [-0.4, -0.2) is 18.6 Å². The van der Waals surface area contributed by atoms with E-state index in [0.717, 1.165) is 6.42 Å². The molecule has 0 spiro atoms. The number of carbonyl (C=O) groups is 1. The number of amides is 1. The molecule has 1 aromatic carbocycles. The number of carbonyl (C=O) groups excluding carboxylic acids is 1. The maximum Gasteiger partial charge on any atom is 0.258 e. The van der Waals surface area contributed by atoms with Gasteiger partial charge in [-0.15, -0.1) is 0 Å². The van der Waals surface area contributed by atoms with Gasteiger partial charge in [-0.3, -0.25) is 4.79 Å². The lowest BCUT2D eigenvalue weighted by molar-refractivity contribution is -0.124. The maximum absolute atomic E-state index is 12.0. The summed E-state index contributed by atoms with van der Waals surface area (Å²) in [7, 11) is 0. The predicted octanol–water partition coefficient (Wildman–Crippen LogP) is 3.12. The molecule has 0 radical (unpaired) electrons. The zero-order valence-corrected chi connectivity index (χ0v) is 12.8. The molecule has 1 saturated carbocycles. The summed E-state index contributed by atoms with van der Waals surface area (Å²) in [6, 6.07) is 7.38. The van der Waals surface area contributed by atoms with Crippen molar-refractivity contribution in [3.63, 3.8) is 0 Å². The second kappa shape index (κ2) is 7.91. The largest absolute Gasteiger partial charge is 0.484 e. The lowest BCUT2D eigenvalue weighted by Crippen LogP contribution is -2.42. The third-order valence-electron chi connectivity index (χ3n) is 4.26. The van der Waals surface area contributed by atoms with Crippen LogP contribution in [0.1, 0.15) is 45.4 Å². The Bertz CT molecular complexity index is 439. The summed E-state index contributed by atoms with van der Waals surface area (Å²) in [6.07, 6.45) is 7.37. The summed E-state index contributed by atoms with van der Waals surface area (Å²) < 4.78 is 5.49. The molecule has 4 nitrogen and oxygen atoms in total. The predicted molar refractivity (Wildman–Crippen MR) is 85.1 cm³/mol.